The number of carbonyl (C=O) groups is 1. The maximum Gasteiger partial charge on any atom is 0.247 e. The van der Waals surface area contributed by atoms with E-state index >= 15 is 0 Å². The summed E-state index contributed by atoms with van der Waals surface area (Å²) in [6.07, 6.45) is 9.08. The average molecular weight is 387 g/mol. The van der Waals surface area contributed by atoms with E-state index in [0.717, 1.165) is 36.8 Å². The van der Waals surface area contributed by atoms with Crippen LogP contribution in [0.5, 0.6) is 0 Å². The van der Waals surface area contributed by atoms with Gasteiger partial charge >= 0.3 is 0 Å². The van der Waals surface area contributed by atoms with Crippen LogP contribution in [0.3, 0.4) is 0 Å². The van der Waals surface area contributed by atoms with E-state index in [0.29, 0.717) is 18.3 Å². The molecule has 0 saturated heterocycles. The first-order chi connectivity index (χ1) is 14.3. The van der Waals surface area contributed by atoms with Crippen LogP contribution < -0.4 is 0 Å². The quantitative estimate of drug-likeness (QED) is 0.551. The topological polar surface area (TPSA) is 59.2 Å². The van der Waals surface area contributed by atoms with E-state index in [2.05, 4.69) is 10.1 Å². The van der Waals surface area contributed by atoms with Crippen molar-refractivity contribution >= 4 is 12.0 Å². The highest BCUT2D eigenvalue weighted by molar-refractivity contribution is 5.92. The first-order valence-corrected chi connectivity index (χ1v) is 10.2. The summed E-state index contributed by atoms with van der Waals surface area (Å²) in [5.74, 6) is 1.01. The SMILES string of the molecule is O=C(C=Cc1ccccc1)N(Cc1nc(-c2ccccc2)no1)C1CCCCC1. The van der Waals surface area contributed by atoms with E-state index in [1.807, 2.05) is 71.6 Å². The highest BCUT2D eigenvalue weighted by Crippen LogP contribution is 2.25. The molecule has 0 aliphatic heterocycles. The van der Waals surface area contributed by atoms with Crippen LogP contribution in [0.15, 0.2) is 71.3 Å². The Hall–Kier alpha value is -3.21. The molecule has 29 heavy (non-hydrogen) atoms. The molecule has 0 atom stereocenters. The van der Waals surface area contributed by atoms with Crippen molar-refractivity contribution in [3.8, 4) is 11.4 Å². The van der Waals surface area contributed by atoms with E-state index in [1.165, 1.54) is 6.42 Å². The minimum atomic E-state index is -0.0137. The predicted molar refractivity (Wildman–Crippen MR) is 113 cm³/mol. The molecule has 148 valence electrons. The largest absolute Gasteiger partial charge is 0.337 e. The second kappa shape index (κ2) is 9.32. The fraction of sp³-hybridized carbons (Fsp3) is 0.292. The van der Waals surface area contributed by atoms with Gasteiger partial charge in [-0.05, 0) is 24.5 Å². The summed E-state index contributed by atoms with van der Waals surface area (Å²) in [4.78, 5) is 19.5. The van der Waals surface area contributed by atoms with Crippen molar-refractivity contribution < 1.29 is 9.32 Å². The fourth-order valence-corrected chi connectivity index (χ4v) is 3.78. The molecule has 1 saturated carbocycles. The zero-order chi connectivity index (χ0) is 19.9. The van der Waals surface area contributed by atoms with Crippen molar-refractivity contribution in [2.24, 2.45) is 0 Å². The lowest BCUT2D eigenvalue weighted by Crippen LogP contribution is -2.40. The van der Waals surface area contributed by atoms with Gasteiger partial charge in [0.15, 0.2) is 0 Å². The first kappa shape index (κ1) is 19.1. The molecule has 1 fully saturated rings. The van der Waals surface area contributed by atoms with Crippen LogP contribution in [0.4, 0.5) is 0 Å². The Bertz CT molecular complexity index is 945. The fourth-order valence-electron chi connectivity index (χ4n) is 3.78. The lowest BCUT2D eigenvalue weighted by Gasteiger charge is -2.32. The van der Waals surface area contributed by atoms with E-state index < -0.39 is 0 Å². The number of amides is 1. The summed E-state index contributed by atoms with van der Waals surface area (Å²) < 4.78 is 5.47. The Kier molecular flexibility index (Phi) is 6.15. The molecule has 1 aliphatic carbocycles. The summed E-state index contributed by atoms with van der Waals surface area (Å²) in [6, 6.07) is 19.8. The Morgan fingerprint density at radius 1 is 1.00 bits per heavy atom. The molecule has 5 nitrogen and oxygen atoms in total. The maximum absolute atomic E-state index is 13.0. The third-order valence-corrected chi connectivity index (χ3v) is 5.32. The standard InChI is InChI=1S/C24H25N3O2/c28-23(17-16-19-10-4-1-5-11-19)27(21-14-8-3-9-15-21)18-22-25-24(26-29-22)20-12-6-2-7-13-20/h1-2,4-7,10-13,16-17,21H,3,8-9,14-15,18H2. The van der Waals surface area contributed by atoms with Gasteiger partial charge in [-0.2, -0.15) is 4.98 Å². The average Bonchev–Trinajstić information content (AvgIpc) is 3.26. The monoisotopic (exact) mass is 387 g/mol. The maximum atomic E-state index is 13.0. The number of rotatable bonds is 6. The predicted octanol–water partition coefficient (Wildman–Crippen LogP) is 5.11. The van der Waals surface area contributed by atoms with E-state index in [4.69, 9.17) is 4.52 Å². The van der Waals surface area contributed by atoms with Crippen molar-refractivity contribution in [2.45, 2.75) is 44.7 Å². The summed E-state index contributed by atoms with van der Waals surface area (Å²) in [5, 5.41) is 4.10. The number of nitrogens with zero attached hydrogens (tertiary/aromatic N) is 3. The van der Waals surface area contributed by atoms with Gasteiger partial charge in [0.1, 0.15) is 6.54 Å². The first-order valence-electron chi connectivity index (χ1n) is 10.2. The lowest BCUT2D eigenvalue weighted by atomic mass is 9.94. The van der Waals surface area contributed by atoms with E-state index in [1.54, 1.807) is 6.08 Å². The van der Waals surface area contributed by atoms with E-state index in [9.17, 15) is 4.79 Å². The van der Waals surface area contributed by atoms with Crippen LogP contribution in [0.1, 0.15) is 43.6 Å². The molecule has 1 heterocycles. The third-order valence-electron chi connectivity index (χ3n) is 5.32. The van der Waals surface area contributed by atoms with Crippen LogP contribution in [-0.2, 0) is 11.3 Å². The molecule has 0 spiro atoms. The molecule has 1 aliphatic rings. The molecule has 0 radical (unpaired) electrons. The number of benzene rings is 2. The normalized spacial score (nSPS) is 14.9. The zero-order valence-corrected chi connectivity index (χ0v) is 16.4. The van der Waals surface area contributed by atoms with Crippen LogP contribution >= 0.6 is 0 Å². The number of hydrogen-bond acceptors (Lipinski definition) is 4. The molecule has 0 unspecified atom stereocenters. The van der Waals surface area contributed by atoms with Gasteiger partial charge in [-0.3, -0.25) is 4.79 Å². The van der Waals surface area contributed by atoms with Crippen molar-refractivity contribution in [1.82, 2.24) is 15.0 Å². The highest BCUT2D eigenvalue weighted by Gasteiger charge is 2.26. The Morgan fingerprint density at radius 2 is 1.69 bits per heavy atom. The summed E-state index contributed by atoms with van der Waals surface area (Å²) in [6.45, 7) is 0.336. The Morgan fingerprint density at radius 3 is 2.41 bits per heavy atom. The summed E-state index contributed by atoms with van der Waals surface area (Å²) in [7, 11) is 0. The van der Waals surface area contributed by atoms with Crippen LogP contribution in [0, 0.1) is 0 Å². The summed E-state index contributed by atoms with van der Waals surface area (Å²) >= 11 is 0. The molecule has 1 aromatic heterocycles. The Balaban J connectivity index is 1.52. The van der Waals surface area contributed by atoms with Crippen molar-refractivity contribution in [1.29, 1.82) is 0 Å². The minimum Gasteiger partial charge on any atom is -0.337 e. The van der Waals surface area contributed by atoms with E-state index in [-0.39, 0.29) is 11.9 Å². The van der Waals surface area contributed by atoms with Gasteiger partial charge in [0.25, 0.3) is 0 Å². The molecule has 1 amide bonds. The molecule has 3 aromatic rings. The van der Waals surface area contributed by atoms with Crippen molar-refractivity contribution in [2.75, 3.05) is 0 Å². The van der Waals surface area contributed by atoms with Gasteiger partial charge in [0.05, 0.1) is 0 Å². The van der Waals surface area contributed by atoms with Gasteiger partial charge in [-0.1, -0.05) is 85.1 Å². The van der Waals surface area contributed by atoms with Gasteiger partial charge < -0.3 is 9.42 Å². The van der Waals surface area contributed by atoms with Crippen molar-refractivity contribution in [3.05, 3.63) is 78.2 Å². The minimum absolute atomic E-state index is 0.0137. The third kappa shape index (κ3) is 4.99. The molecule has 4 rings (SSSR count). The highest BCUT2D eigenvalue weighted by atomic mass is 16.5. The van der Waals surface area contributed by atoms with Gasteiger partial charge in [0, 0.05) is 17.7 Å². The van der Waals surface area contributed by atoms with Gasteiger partial charge in [0.2, 0.25) is 17.6 Å². The zero-order valence-electron chi connectivity index (χ0n) is 16.4. The number of carbonyl (C=O) groups excluding carboxylic acids is 1. The molecule has 2 aromatic carbocycles. The van der Waals surface area contributed by atoms with Crippen LogP contribution in [0.2, 0.25) is 0 Å². The van der Waals surface area contributed by atoms with Gasteiger partial charge in [-0.15, -0.1) is 0 Å². The molecule has 5 heteroatoms. The molecular formula is C24H25N3O2. The molecule has 0 bridgehead atoms. The van der Waals surface area contributed by atoms with Crippen molar-refractivity contribution in [3.63, 3.8) is 0 Å². The van der Waals surface area contributed by atoms with Crippen LogP contribution in [-0.4, -0.2) is 27.0 Å². The summed E-state index contributed by atoms with van der Waals surface area (Å²) in [5.41, 5.74) is 1.91. The number of hydrogen-bond donors (Lipinski definition) is 0. The van der Waals surface area contributed by atoms with Crippen LogP contribution in [0.25, 0.3) is 17.5 Å². The lowest BCUT2D eigenvalue weighted by molar-refractivity contribution is -0.130. The smallest absolute Gasteiger partial charge is 0.247 e. The number of aromatic nitrogens is 2. The van der Waals surface area contributed by atoms with Gasteiger partial charge in [-0.25, -0.2) is 0 Å². The molecular weight excluding hydrogens is 362 g/mol. The Labute approximate surface area is 171 Å². The molecule has 0 N–H and O–H groups in total. The second-order valence-corrected chi connectivity index (χ2v) is 7.38. The second-order valence-electron chi connectivity index (χ2n) is 7.38.